The second-order valence-electron chi connectivity index (χ2n) is 10.8. The minimum absolute atomic E-state index is 0.0352. The average Bonchev–Trinajstić information content (AvgIpc) is 2.92. The van der Waals surface area contributed by atoms with Gasteiger partial charge in [-0.3, -0.25) is 0 Å². The van der Waals surface area contributed by atoms with Crippen molar-refractivity contribution in [2.24, 2.45) is 0 Å². The molecule has 0 aliphatic carbocycles. The number of benzene rings is 2. The molecule has 0 spiro atoms. The second-order valence-corrected chi connectivity index (χ2v) is 15.1. The van der Waals surface area contributed by atoms with Gasteiger partial charge in [0.05, 0.1) is 13.2 Å². The lowest BCUT2D eigenvalue weighted by Crippen LogP contribution is -2.66. The Morgan fingerprint density at radius 2 is 1.32 bits per heavy atom. The summed E-state index contributed by atoms with van der Waals surface area (Å²) in [5.41, 5.74) is 0. The largest absolute Gasteiger partial charge is 0.407 e. The van der Waals surface area contributed by atoms with Gasteiger partial charge in [-0.2, -0.15) is 0 Å². The topological polar surface area (TPSA) is 109 Å². The minimum atomic E-state index is -2.50. The summed E-state index contributed by atoms with van der Waals surface area (Å²) in [4.78, 5) is 0. The van der Waals surface area contributed by atoms with E-state index in [1.54, 1.807) is 0 Å². The Hall–Kier alpha value is -1.88. The lowest BCUT2D eigenvalue weighted by molar-refractivity contribution is -0.301. The highest BCUT2D eigenvalue weighted by Gasteiger charge is 2.50. The number of ether oxygens (including phenoxy) is 2. The number of rotatable bonds is 13. The van der Waals surface area contributed by atoms with Crippen LogP contribution in [0.1, 0.15) is 46.5 Å². The molecule has 0 amide bonds. The van der Waals surface area contributed by atoms with Gasteiger partial charge in [0.1, 0.15) is 24.4 Å². The van der Waals surface area contributed by atoms with E-state index in [2.05, 4.69) is 93.6 Å². The molecule has 5 atom stereocenters. The Bertz CT molecular complexity index is 922. The lowest BCUT2D eigenvalue weighted by atomic mass is 9.99. The molecule has 0 radical (unpaired) electrons. The van der Waals surface area contributed by atoms with E-state index in [0.717, 1.165) is 19.3 Å². The predicted octanol–water partition coefficient (Wildman–Crippen LogP) is 2.50. The maximum absolute atomic E-state index is 10.0. The van der Waals surface area contributed by atoms with Crippen LogP contribution in [0, 0.1) is 0 Å². The fourth-order valence-corrected chi connectivity index (χ4v) is 9.64. The summed E-state index contributed by atoms with van der Waals surface area (Å²) in [6, 6.07) is 21.3. The molecule has 38 heavy (non-hydrogen) atoms. The minimum Gasteiger partial charge on any atom is -0.407 e. The van der Waals surface area contributed by atoms with Crippen LogP contribution in [0.4, 0.5) is 0 Å². The van der Waals surface area contributed by atoms with E-state index < -0.39 is 45.6 Å². The second kappa shape index (κ2) is 14.5. The van der Waals surface area contributed by atoms with Gasteiger partial charge in [-0.25, -0.2) is 0 Å². The molecule has 0 bridgehead atoms. The maximum Gasteiger partial charge on any atom is 0.261 e. The van der Waals surface area contributed by atoms with Gasteiger partial charge in [-0.15, -0.1) is 0 Å². The van der Waals surface area contributed by atoms with Gasteiger partial charge >= 0.3 is 0 Å². The third kappa shape index (κ3) is 7.40. The Morgan fingerprint density at radius 3 is 1.82 bits per heavy atom. The molecule has 2 aromatic carbocycles. The molecule has 1 aliphatic rings. The van der Waals surface area contributed by atoms with E-state index in [4.69, 9.17) is 13.9 Å². The van der Waals surface area contributed by atoms with Crippen LogP contribution in [0.3, 0.4) is 0 Å². The van der Waals surface area contributed by atoms with Gasteiger partial charge in [0.25, 0.3) is 8.32 Å². The molecule has 8 heteroatoms. The van der Waals surface area contributed by atoms with E-state index in [0.29, 0.717) is 19.6 Å². The first-order valence-electron chi connectivity index (χ1n) is 13.5. The number of unbranched alkanes of at least 4 members (excludes halogenated alkanes) is 2. The van der Waals surface area contributed by atoms with Gasteiger partial charge in [-0.1, -0.05) is 93.6 Å². The number of aliphatic hydroxyl groups excluding tert-OH is 4. The summed E-state index contributed by atoms with van der Waals surface area (Å²) in [5, 5.41) is 41.5. The SMILES string of the molecule is CC(C)(C)[Si](OCCC/C=C/CCCO[C@H]1O[C@H](CO)[C@@H](O)[C@H](O)[C@@H]1O)(c1ccccc1)c1ccccc1. The van der Waals surface area contributed by atoms with Crippen molar-refractivity contribution in [3.05, 3.63) is 72.8 Å². The first-order chi connectivity index (χ1) is 18.2. The maximum atomic E-state index is 10.0. The van der Waals surface area contributed by atoms with Gasteiger partial charge in [-0.05, 0) is 41.1 Å². The number of allylic oxidation sites excluding steroid dienone is 2. The summed E-state index contributed by atoms with van der Waals surface area (Å²) < 4.78 is 17.8. The Labute approximate surface area is 227 Å². The Morgan fingerprint density at radius 1 is 0.789 bits per heavy atom. The molecule has 1 fully saturated rings. The molecule has 2 aromatic rings. The van der Waals surface area contributed by atoms with Gasteiger partial charge in [0.15, 0.2) is 6.29 Å². The predicted molar refractivity (Wildman–Crippen MR) is 151 cm³/mol. The van der Waals surface area contributed by atoms with E-state index in [9.17, 15) is 20.4 Å². The number of aliphatic hydroxyl groups is 4. The van der Waals surface area contributed by atoms with Gasteiger partial charge in [0, 0.05) is 6.61 Å². The summed E-state index contributed by atoms with van der Waals surface area (Å²) >= 11 is 0. The first-order valence-corrected chi connectivity index (χ1v) is 15.5. The van der Waals surface area contributed by atoms with E-state index >= 15 is 0 Å². The van der Waals surface area contributed by atoms with Crippen LogP contribution in [0.2, 0.25) is 5.04 Å². The van der Waals surface area contributed by atoms with Crippen molar-refractivity contribution in [2.75, 3.05) is 19.8 Å². The summed E-state index contributed by atoms with van der Waals surface area (Å²) in [7, 11) is -2.50. The van der Waals surface area contributed by atoms with Crippen molar-refractivity contribution >= 4 is 18.7 Å². The van der Waals surface area contributed by atoms with E-state index in [-0.39, 0.29) is 5.04 Å². The van der Waals surface area contributed by atoms with Gasteiger partial charge in [0.2, 0.25) is 0 Å². The molecule has 1 heterocycles. The molecule has 210 valence electrons. The molecular formula is C30H44O7Si. The molecule has 0 aromatic heterocycles. The molecule has 7 nitrogen and oxygen atoms in total. The molecular weight excluding hydrogens is 500 g/mol. The van der Waals surface area contributed by atoms with Crippen LogP contribution in [0.25, 0.3) is 0 Å². The van der Waals surface area contributed by atoms with Crippen LogP contribution in [0.5, 0.6) is 0 Å². The lowest BCUT2D eigenvalue weighted by Gasteiger charge is -2.43. The van der Waals surface area contributed by atoms with Crippen LogP contribution >= 0.6 is 0 Å². The summed E-state index contributed by atoms with van der Waals surface area (Å²) in [5.74, 6) is 0. The van der Waals surface area contributed by atoms with Crippen molar-refractivity contribution in [3.63, 3.8) is 0 Å². The third-order valence-electron chi connectivity index (χ3n) is 7.06. The normalized spacial score (nSPS) is 24.7. The molecule has 3 rings (SSSR count). The highest BCUT2D eigenvalue weighted by atomic mass is 28.4. The highest BCUT2D eigenvalue weighted by Crippen LogP contribution is 2.36. The summed E-state index contributed by atoms with van der Waals surface area (Å²) in [6.07, 6.45) is 1.42. The standard InChI is InChI=1S/C30H44O7Si/c1-30(2,3)38(23-16-10-8-11-17-23,24-18-12-9-13-19-24)36-21-15-7-5-4-6-14-20-35-29-28(34)27(33)26(32)25(22-31)37-29/h4-5,8-13,16-19,25-29,31-34H,6-7,14-15,20-22H2,1-3H3/b5-4+/t25-,26-,27+,28+,29+/m1/s1. The Kier molecular flexibility index (Phi) is 11.7. The molecule has 1 saturated heterocycles. The first kappa shape index (κ1) is 30.7. The average molecular weight is 545 g/mol. The molecule has 1 aliphatic heterocycles. The smallest absolute Gasteiger partial charge is 0.261 e. The van der Waals surface area contributed by atoms with Crippen molar-refractivity contribution in [1.29, 1.82) is 0 Å². The zero-order valence-corrected chi connectivity index (χ0v) is 23.8. The fraction of sp³-hybridized carbons (Fsp3) is 0.533. The van der Waals surface area contributed by atoms with Crippen molar-refractivity contribution in [1.82, 2.24) is 0 Å². The molecule has 4 N–H and O–H groups in total. The van der Waals surface area contributed by atoms with Gasteiger partial charge < -0.3 is 34.3 Å². The van der Waals surface area contributed by atoms with Crippen molar-refractivity contribution in [3.8, 4) is 0 Å². The zero-order valence-electron chi connectivity index (χ0n) is 22.8. The molecule has 0 saturated carbocycles. The van der Waals surface area contributed by atoms with Crippen molar-refractivity contribution < 1.29 is 34.3 Å². The van der Waals surface area contributed by atoms with Crippen LogP contribution in [-0.4, -0.2) is 79.3 Å². The van der Waals surface area contributed by atoms with Crippen LogP contribution in [-0.2, 0) is 13.9 Å². The summed E-state index contributed by atoms with van der Waals surface area (Å²) in [6.45, 7) is 7.39. The van der Waals surface area contributed by atoms with Crippen molar-refractivity contribution in [2.45, 2.75) is 82.2 Å². The fourth-order valence-electron chi connectivity index (χ4n) is 5.03. The highest BCUT2D eigenvalue weighted by molar-refractivity contribution is 6.99. The number of hydrogen-bond donors (Lipinski definition) is 4. The monoisotopic (exact) mass is 544 g/mol. The van der Waals surface area contributed by atoms with Crippen LogP contribution < -0.4 is 10.4 Å². The zero-order chi connectivity index (χ0) is 27.6. The van der Waals surface area contributed by atoms with E-state index in [1.165, 1.54) is 10.4 Å². The number of hydrogen-bond acceptors (Lipinski definition) is 7. The third-order valence-corrected chi connectivity index (χ3v) is 12.1. The quantitative estimate of drug-likeness (QED) is 0.174. The molecule has 0 unspecified atom stereocenters. The van der Waals surface area contributed by atoms with E-state index in [1.807, 2.05) is 0 Å². The Balaban J connectivity index is 1.46. The van der Waals surface area contributed by atoms with Crippen LogP contribution in [0.15, 0.2) is 72.8 Å².